The minimum Gasteiger partial charge on any atom is -0.465 e. The molecule has 106 valence electrons. The number of hydrogen-bond donors (Lipinski definition) is 0. The van der Waals surface area contributed by atoms with E-state index in [-0.39, 0.29) is 0 Å². The minimum absolute atomic E-state index is 0.744. The Kier molecular flexibility index (Phi) is 4.41. The molecule has 4 nitrogen and oxygen atoms in total. The van der Waals surface area contributed by atoms with Crippen molar-refractivity contribution in [3.05, 3.63) is 34.4 Å². The highest BCUT2D eigenvalue weighted by molar-refractivity contribution is 8.13. The monoisotopic (exact) mass is 320 g/mol. The summed E-state index contributed by atoms with van der Waals surface area (Å²) in [6, 6.07) is 0. The maximum absolute atomic E-state index is 13.4. The zero-order chi connectivity index (χ0) is 15.0. The third kappa shape index (κ3) is 3.16. The number of esters is 1. The second kappa shape index (κ2) is 5.33. The second-order valence-electron chi connectivity index (χ2n) is 3.28. The summed E-state index contributed by atoms with van der Waals surface area (Å²) >= 11 is 0. The summed E-state index contributed by atoms with van der Waals surface area (Å²) in [4.78, 5) is 11.0. The summed E-state index contributed by atoms with van der Waals surface area (Å²) in [6.45, 7) is 0. The van der Waals surface area contributed by atoms with Gasteiger partial charge in [-0.3, -0.25) is 0 Å². The molecule has 1 rings (SSSR count). The largest absolute Gasteiger partial charge is 0.465 e. The van der Waals surface area contributed by atoms with Gasteiger partial charge in [0.1, 0.15) is 5.56 Å². The van der Waals surface area contributed by atoms with Crippen molar-refractivity contribution in [2.45, 2.75) is 5.75 Å². The molecule has 1 aromatic rings. The predicted molar refractivity (Wildman–Crippen MR) is 56.1 cm³/mol. The fourth-order valence-electron chi connectivity index (χ4n) is 1.26. The SMILES string of the molecule is COC(=O)c1c(F)c(F)c(CS(=O)(=O)Cl)c(F)c1F. The molecule has 0 aliphatic rings. The summed E-state index contributed by atoms with van der Waals surface area (Å²) in [5.74, 6) is -11.3. The molecule has 0 fully saturated rings. The van der Waals surface area contributed by atoms with Crippen LogP contribution in [0.15, 0.2) is 0 Å². The number of hydrogen-bond acceptors (Lipinski definition) is 4. The van der Waals surface area contributed by atoms with Crippen LogP contribution in [0.25, 0.3) is 0 Å². The van der Waals surface area contributed by atoms with Crippen molar-refractivity contribution < 1.29 is 35.5 Å². The minimum atomic E-state index is -4.45. The van der Waals surface area contributed by atoms with Gasteiger partial charge in [0, 0.05) is 16.2 Å². The quantitative estimate of drug-likeness (QED) is 0.370. The zero-order valence-electron chi connectivity index (χ0n) is 9.14. The van der Waals surface area contributed by atoms with E-state index in [4.69, 9.17) is 10.7 Å². The lowest BCUT2D eigenvalue weighted by atomic mass is 10.1. The van der Waals surface area contributed by atoms with E-state index in [0.717, 1.165) is 7.11 Å². The molecule has 0 saturated heterocycles. The molecule has 0 N–H and O–H groups in total. The first-order chi connectivity index (χ1) is 8.60. The molecule has 1 aromatic carbocycles. The van der Waals surface area contributed by atoms with Crippen molar-refractivity contribution in [2.75, 3.05) is 7.11 Å². The Morgan fingerprint density at radius 3 is 1.84 bits per heavy atom. The Morgan fingerprint density at radius 2 is 1.53 bits per heavy atom. The molecule has 0 heterocycles. The van der Waals surface area contributed by atoms with E-state index in [1.54, 1.807) is 0 Å². The fourth-order valence-corrected chi connectivity index (χ4v) is 2.18. The van der Waals surface area contributed by atoms with Crippen LogP contribution < -0.4 is 0 Å². The van der Waals surface area contributed by atoms with Gasteiger partial charge in [-0.25, -0.2) is 30.8 Å². The van der Waals surface area contributed by atoms with Crippen LogP contribution in [0, 0.1) is 23.3 Å². The Bertz CT molecular complexity index is 615. The van der Waals surface area contributed by atoms with Gasteiger partial charge in [0.25, 0.3) is 0 Å². The third-order valence-corrected chi connectivity index (χ3v) is 3.02. The Morgan fingerprint density at radius 1 is 1.11 bits per heavy atom. The third-order valence-electron chi connectivity index (χ3n) is 2.06. The average molecular weight is 321 g/mol. The van der Waals surface area contributed by atoms with Crippen LogP contribution in [0.2, 0.25) is 0 Å². The topological polar surface area (TPSA) is 60.4 Å². The molecule has 0 atom stereocenters. The smallest absolute Gasteiger partial charge is 0.344 e. The van der Waals surface area contributed by atoms with Gasteiger partial charge in [0.05, 0.1) is 12.9 Å². The van der Waals surface area contributed by atoms with Crippen LogP contribution in [0.5, 0.6) is 0 Å². The number of carbonyl (C=O) groups is 1. The van der Waals surface area contributed by atoms with Crippen molar-refractivity contribution in [2.24, 2.45) is 0 Å². The number of rotatable bonds is 3. The number of halogens is 5. The molecule has 0 saturated carbocycles. The molecule has 0 aromatic heterocycles. The standard InChI is InChI=1S/C9H5ClF4O4S/c1-18-9(15)4-7(13)5(11)3(2-19(10,16)17)6(12)8(4)14/h2H2,1H3. The van der Waals surface area contributed by atoms with Gasteiger partial charge in [0.2, 0.25) is 9.05 Å². The van der Waals surface area contributed by atoms with E-state index < -0.39 is 55.2 Å². The van der Waals surface area contributed by atoms with E-state index in [9.17, 15) is 30.8 Å². The van der Waals surface area contributed by atoms with Crippen molar-refractivity contribution in [3.63, 3.8) is 0 Å². The lowest BCUT2D eigenvalue weighted by Gasteiger charge is -2.09. The highest BCUT2D eigenvalue weighted by Crippen LogP contribution is 2.26. The summed E-state index contributed by atoms with van der Waals surface area (Å²) in [5.41, 5.74) is -3.02. The predicted octanol–water partition coefficient (Wildman–Crippen LogP) is 2.10. The first kappa shape index (κ1) is 15.7. The lowest BCUT2D eigenvalue weighted by molar-refractivity contribution is 0.0586. The maximum atomic E-state index is 13.4. The van der Waals surface area contributed by atoms with Crippen LogP contribution in [0.3, 0.4) is 0 Å². The molecule has 0 aliphatic heterocycles. The van der Waals surface area contributed by atoms with Crippen LogP contribution in [0.1, 0.15) is 15.9 Å². The molecule has 0 bridgehead atoms. The molecule has 0 radical (unpaired) electrons. The van der Waals surface area contributed by atoms with Gasteiger partial charge in [-0.15, -0.1) is 0 Å². The van der Waals surface area contributed by atoms with Gasteiger partial charge in [0.15, 0.2) is 23.3 Å². The van der Waals surface area contributed by atoms with E-state index >= 15 is 0 Å². The molecular formula is C9H5ClF4O4S. The number of methoxy groups -OCH3 is 1. The molecule has 0 spiro atoms. The molecule has 19 heavy (non-hydrogen) atoms. The first-order valence-corrected chi connectivity index (χ1v) is 6.93. The Labute approximate surface area is 109 Å². The van der Waals surface area contributed by atoms with Crippen LogP contribution in [-0.4, -0.2) is 21.5 Å². The van der Waals surface area contributed by atoms with Crippen LogP contribution in [-0.2, 0) is 19.5 Å². The molecular weight excluding hydrogens is 316 g/mol. The number of ether oxygens (including phenoxy) is 1. The van der Waals surface area contributed by atoms with Crippen molar-refractivity contribution in [1.82, 2.24) is 0 Å². The summed E-state index contributed by atoms with van der Waals surface area (Å²) in [7, 11) is 1.04. The fraction of sp³-hybridized carbons (Fsp3) is 0.222. The van der Waals surface area contributed by atoms with E-state index in [2.05, 4.69) is 4.74 Å². The van der Waals surface area contributed by atoms with Gasteiger partial charge >= 0.3 is 5.97 Å². The molecule has 10 heteroatoms. The molecule has 0 unspecified atom stereocenters. The van der Waals surface area contributed by atoms with E-state index in [1.165, 1.54) is 0 Å². The average Bonchev–Trinajstić information content (AvgIpc) is 2.31. The highest BCUT2D eigenvalue weighted by atomic mass is 35.7. The number of benzene rings is 1. The Hall–Kier alpha value is -1.35. The first-order valence-electron chi connectivity index (χ1n) is 4.45. The molecule has 0 amide bonds. The second-order valence-corrected chi connectivity index (χ2v) is 6.06. The highest BCUT2D eigenvalue weighted by Gasteiger charge is 2.31. The van der Waals surface area contributed by atoms with Crippen molar-refractivity contribution >= 4 is 25.7 Å². The maximum Gasteiger partial charge on any atom is 0.344 e. The number of carbonyl (C=O) groups excluding carboxylic acids is 1. The lowest BCUT2D eigenvalue weighted by Crippen LogP contribution is -2.15. The molecule has 0 aliphatic carbocycles. The summed E-state index contributed by atoms with van der Waals surface area (Å²) in [5, 5.41) is 0. The van der Waals surface area contributed by atoms with Crippen molar-refractivity contribution in [1.29, 1.82) is 0 Å². The Balaban J connectivity index is 3.61. The summed E-state index contributed by atoms with van der Waals surface area (Å²) in [6.07, 6.45) is 0. The van der Waals surface area contributed by atoms with Gasteiger partial charge < -0.3 is 4.74 Å². The summed E-state index contributed by atoms with van der Waals surface area (Å²) < 4.78 is 79.0. The van der Waals surface area contributed by atoms with Crippen LogP contribution >= 0.6 is 10.7 Å². The van der Waals surface area contributed by atoms with Gasteiger partial charge in [-0.05, 0) is 0 Å². The van der Waals surface area contributed by atoms with Crippen LogP contribution in [0.4, 0.5) is 17.6 Å². The van der Waals surface area contributed by atoms with Gasteiger partial charge in [-0.1, -0.05) is 0 Å². The van der Waals surface area contributed by atoms with E-state index in [1.807, 2.05) is 0 Å². The zero-order valence-corrected chi connectivity index (χ0v) is 10.7. The van der Waals surface area contributed by atoms with Gasteiger partial charge in [-0.2, -0.15) is 0 Å². The normalized spacial score (nSPS) is 11.5. The van der Waals surface area contributed by atoms with Crippen molar-refractivity contribution in [3.8, 4) is 0 Å². The van der Waals surface area contributed by atoms with E-state index in [0.29, 0.717) is 0 Å².